The zero-order valence-corrected chi connectivity index (χ0v) is 14.1. The summed E-state index contributed by atoms with van der Waals surface area (Å²) in [5.74, 6) is 2.30. The summed E-state index contributed by atoms with van der Waals surface area (Å²) in [6.07, 6.45) is 5.64. The lowest BCUT2D eigenvalue weighted by molar-refractivity contribution is -0.148. The van der Waals surface area contributed by atoms with Crippen molar-refractivity contribution in [2.45, 2.75) is 71.4 Å². The van der Waals surface area contributed by atoms with Gasteiger partial charge in [-0.3, -0.25) is 10.1 Å². The highest BCUT2D eigenvalue weighted by molar-refractivity contribution is 7.99. The lowest BCUT2D eigenvalue weighted by atomic mass is 9.94. The van der Waals surface area contributed by atoms with Crippen molar-refractivity contribution in [1.82, 2.24) is 5.32 Å². The molecule has 19 heavy (non-hydrogen) atoms. The van der Waals surface area contributed by atoms with E-state index in [0.717, 1.165) is 12.8 Å². The molecule has 0 saturated heterocycles. The molecule has 1 N–H and O–H groups in total. The van der Waals surface area contributed by atoms with Gasteiger partial charge in [-0.2, -0.15) is 11.8 Å². The maximum Gasteiger partial charge on any atom is 0.325 e. The zero-order valence-electron chi connectivity index (χ0n) is 13.3. The zero-order chi connectivity index (χ0) is 14.7. The molecular formula is C15H31NO2S. The van der Waals surface area contributed by atoms with Gasteiger partial charge in [-0.05, 0) is 51.5 Å². The molecule has 0 spiro atoms. The molecule has 0 aromatic rings. The second-order valence-electron chi connectivity index (χ2n) is 5.55. The molecule has 0 bridgehead atoms. The van der Waals surface area contributed by atoms with Gasteiger partial charge in [-0.25, -0.2) is 0 Å². The van der Waals surface area contributed by atoms with E-state index < -0.39 is 5.54 Å². The predicted molar refractivity (Wildman–Crippen MR) is 84.8 cm³/mol. The molecule has 0 rings (SSSR count). The van der Waals surface area contributed by atoms with Crippen LogP contribution < -0.4 is 5.32 Å². The smallest absolute Gasteiger partial charge is 0.325 e. The van der Waals surface area contributed by atoms with Crippen molar-refractivity contribution in [3.8, 4) is 0 Å². The molecule has 3 nitrogen and oxygen atoms in total. The number of ether oxygens (including phenoxy) is 1. The van der Waals surface area contributed by atoms with E-state index in [9.17, 15) is 4.79 Å². The van der Waals surface area contributed by atoms with Crippen LogP contribution in [-0.4, -0.2) is 36.2 Å². The fourth-order valence-corrected chi connectivity index (χ4v) is 3.23. The van der Waals surface area contributed by atoms with Crippen LogP contribution in [-0.2, 0) is 9.53 Å². The van der Waals surface area contributed by atoms with Gasteiger partial charge in [-0.15, -0.1) is 0 Å². The number of hydrogen-bond acceptors (Lipinski definition) is 4. The molecule has 0 radical (unpaired) electrons. The summed E-state index contributed by atoms with van der Waals surface area (Å²) in [6.45, 7) is 8.28. The van der Waals surface area contributed by atoms with E-state index in [-0.39, 0.29) is 12.0 Å². The van der Waals surface area contributed by atoms with E-state index in [2.05, 4.69) is 26.1 Å². The Morgan fingerprint density at radius 3 is 2.42 bits per heavy atom. The Bertz CT molecular complexity index is 246. The molecule has 0 aromatic carbocycles. The number of nitrogens with one attached hydrogen (secondary N) is 1. The largest absolute Gasteiger partial charge is 0.468 e. The number of methoxy groups -OCH3 is 1. The van der Waals surface area contributed by atoms with Crippen molar-refractivity contribution in [1.29, 1.82) is 0 Å². The number of thioether (sulfide) groups is 1. The molecule has 4 heteroatoms. The highest BCUT2D eigenvalue weighted by Gasteiger charge is 2.33. The Kier molecular flexibility index (Phi) is 10.4. The minimum atomic E-state index is -0.545. The Labute approximate surface area is 123 Å². The van der Waals surface area contributed by atoms with E-state index in [1.807, 2.05) is 18.7 Å². The van der Waals surface area contributed by atoms with Gasteiger partial charge in [0.2, 0.25) is 0 Å². The van der Waals surface area contributed by atoms with Crippen molar-refractivity contribution in [2.75, 3.05) is 18.6 Å². The quantitative estimate of drug-likeness (QED) is 0.466. The first-order valence-electron chi connectivity index (χ1n) is 7.40. The lowest BCUT2D eigenvalue weighted by Gasteiger charge is -2.30. The van der Waals surface area contributed by atoms with Gasteiger partial charge >= 0.3 is 5.97 Å². The standard InChI is InChI=1S/C15H31NO2S/c1-6-7-11-19-12-9-8-10-15(4,14(17)18-5)16-13(2)3/h13,16H,6-12H2,1-5H3. The van der Waals surface area contributed by atoms with Gasteiger partial charge in [-0.1, -0.05) is 19.8 Å². The second kappa shape index (κ2) is 10.6. The molecule has 0 aliphatic heterocycles. The van der Waals surface area contributed by atoms with Crippen LogP contribution in [0.15, 0.2) is 0 Å². The van der Waals surface area contributed by atoms with Crippen LogP contribution in [0.5, 0.6) is 0 Å². The number of esters is 1. The van der Waals surface area contributed by atoms with Crippen molar-refractivity contribution in [3.63, 3.8) is 0 Å². The topological polar surface area (TPSA) is 38.3 Å². The fraction of sp³-hybridized carbons (Fsp3) is 0.933. The Hall–Kier alpha value is -0.220. The molecule has 114 valence electrons. The number of carbonyl (C=O) groups excluding carboxylic acids is 1. The van der Waals surface area contributed by atoms with Gasteiger partial charge in [0.05, 0.1) is 7.11 Å². The van der Waals surface area contributed by atoms with Crippen LogP contribution in [0.2, 0.25) is 0 Å². The van der Waals surface area contributed by atoms with Gasteiger partial charge < -0.3 is 4.74 Å². The summed E-state index contributed by atoms with van der Waals surface area (Å²) >= 11 is 2.02. The molecule has 0 aromatic heterocycles. The monoisotopic (exact) mass is 289 g/mol. The van der Waals surface area contributed by atoms with Crippen molar-refractivity contribution in [3.05, 3.63) is 0 Å². The summed E-state index contributed by atoms with van der Waals surface area (Å²) in [5, 5.41) is 3.34. The van der Waals surface area contributed by atoms with Gasteiger partial charge in [0, 0.05) is 6.04 Å². The SMILES string of the molecule is CCCCSCCCCC(C)(NC(C)C)C(=O)OC. The van der Waals surface area contributed by atoms with Crippen LogP contribution in [0.1, 0.15) is 59.8 Å². The minimum absolute atomic E-state index is 0.153. The number of unbranched alkanes of at least 4 members (excludes halogenated alkanes) is 2. The maximum absolute atomic E-state index is 11.9. The van der Waals surface area contributed by atoms with E-state index in [1.165, 1.54) is 37.9 Å². The summed E-state index contributed by atoms with van der Waals surface area (Å²) in [4.78, 5) is 11.9. The van der Waals surface area contributed by atoms with Gasteiger partial charge in [0.15, 0.2) is 0 Å². The Morgan fingerprint density at radius 2 is 1.89 bits per heavy atom. The summed E-state index contributed by atoms with van der Waals surface area (Å²) < 4.78 is 4.92. The molecule has 0 aliphatic rings. The van der Waals surface area contributed by atoms with Crippen LogP contribution in [0.25, 0.3) is 0 Å². The number of rotatable bonds is 11. The first kappa shape index (κ1) is 18.8. The Morgan fingerprint density at radius 1 is 1.26 bits per heavy atom. The number of carbonyl (C=O) groups is 1. The van der Waals surface area contributed by atoms with Crippen LogP contribution in [0.3, 0.4) is 0 Å². The average Bonchev–Trinajstić information content (AvgIpc) is 2.35. The Balaban J connectivity index is 3.97. The molecule has 0 heterocycles. The highest BCUT2D eigenvalue weighted by atomic mass is 32.2. The third kappa shape index (κ3) is 8.53. The van der Waals surface area contributed by atoms with Crippen molar-refractivity contribution >= 4 is 17.7 Å². The van der Waals surface area contributed by atoms with Crippen molar-refractivity contribution in [2.24, 2.45) is 0 Å². The molecule has 0 amide bonds. The highest BCUT2D eigenvalue weighted by Crippen LogP contribution is 2.18. The van der Waals surface area contributed by atoms with E-state index >= 15 is 0 Å². The second-order valence-corrected chi connectivity index (χ2v) is 6.77. The average molecular weight is 289 g/mol. The fourth-order valence-electron chi connectivity index (χ4n) is 2.13. The predicted octanol–water partition coefficient (Wildman–Crippen LogP) is 3.62. The molecule has 0 aliphatic carbocycles. The van der Waals surface area contributed by atoms with Gasteiger partial charge in [0.25, 0.3) is 0 Å². The summed E-state index contributed by atoms with van der Waals surface area (Å²) in [5.41, 5.74) is -0.545. The van der Waals surface area contributed by atoms with Crippen LogP contribution in [0, 0.1) is 0 Å². The maximum atomic E-state index is 11.9. The molecule has 1 atom stereocenters. The van der Waals surface area contributed by atoms with Crippen LogP contribution >= 0.6 is 11.8 Å². The lowest BCUT2D eigenvalue weighted by Crippen LogP contribution is -2.52. The normalized spacial score (nSPS) is 14.4. The first-order chi connectivity index (χ1) is 8.96. The molecule has 0 fully saturated rings. The first-order valence-corrected chi connectivity index (χ1v) is 8.55. The molecular weight excluding hydrogens is 258 g/mol. The van der Waals surface area contributed by atoms with Crippen LogP contribution in [0.4, 0.5) is 0 Å². The van der Waals surface area contributed by atoms with Crippen molar-refractivity contribution < 1.29 is 9.53 Å². The van der Waals surface area contributed by atoms with E-state index in [4.69, 9.17) is 4.74 Å². The third-order valence-electron chi connectivity index (χ3n) is 3.10. The van der Waals surface area contributed by atoms with E-state index in [1.54, 1.807) is 0 Å². The molecule has 0 saturated carbocycles. The molecule has 1 unspecified atom stereocenters. The number of hydrogen-bond donors (Lipinski definition) is 1. The summed E-state index contributed by atoms with van der Waals surface area (Å²) in [7, 11) is 1.46. The third-order valence-corrected chi connectivity index (χ3v) is 4.26. The van der Waals surface area contributed by atoms with E-state index in [0.29, 0.717) is 0 Å². The minimum Gasteiger partial charge on any atom is -0.468 e. The van der Waals surface area contributed by atoms with Gasteiger partial charge in [0.1, 0.15) is 5.54 Å². The summed E-state index contributed by atoms with van der Waals surface area (Å²) in [6, 6.07) is 0.281.